The summed E-state index contributed by atoms with van der Waals surface area (Å²) < 4.78 is 1.90. The van der Waals surface area contributed by atoms with Crippen molar-refractivity contribution in [3.8, 4) is 11.3 Å². The molecule has 0 fully saturated rings. The van der Waals surface area contributed by atoms with E-state index in [1.165, 1.54) is 0 Å². The highest BCUT2D eigenvalue weighted by Crippen LogP contribution is 2.15. The van der Waals surface area contributed by atoms with Crippen molar-refractivity contribution in [1.82, 2.24) is 9.55 Å². The van der Waals surface area contributed by atoms with Gasteiger partial charge in [0.05, 0.1) is 18.1 Å². The lowest BCUT2D eigenvalue weighted by molar-refractivity contribution is 0.173. The monoisotopic (exact) mass is 202 g/mol. The van der Waals surface area contributed by atoms with Crippen molar-refractivity contribution in [3.63, 3.8) is 0 Å². The van der Waals surface area contributed by atoms with E-state index in [-0.39, 0.29) is 6.10 Å². The minimum atomic E-state index is -0.345. The van der Waals surface area contributed by atoms with Crippen LogP contribution in [0, 0.1) is 0 Å². The van der Waals surface area contributed by atoms with E-state index in [1.807, 2.05) is 41.1 Å². The molecule has 3 heteroatoms. The normalized spacial score (nSPS) is 12.7. The van der Waals surface area contributed by atoms with Crippen LogP contribution < -0.4 is 0 Å². The molecule has 1 unspecified atom stereocenters. The first-order chi connectivity index (χ1) is 7.25. The van der Waals surface area contributed by atoms with Gasteiger partial charge in [-0.2, -0.15) is 0 Å². The molecule has 1 atom stereocenters. The molecule has 0 amide bonds. The van der Waals surface area contributed by atoms with Gasteiger partial charge in [-0.25, -0.2) is 4.98 Å². The van der Waals surface area contributed by atoms with Crippen molar-refractivity contribution in [1.29, 1.82) is 0 Å². The van der Waals surface area contributed by atoms with Crippen LogP contribution in [0.4, 0.5) is 0 Å². The van der Waals surface area contributed by atoms with Crippen LogP contribution >= 0.6 is 0 Å². The minimum absolute atomic E-state index is 0.345. The Kier molecular flexibility index (Phi) is 2.83. The topological polar surface area (TPSA) is 38.0 Å². The van der Waals surface area contributed by atoms with Gasteiger partial charge >= 0.3 is 0 Å². The average molecular weight is 202 g/mol. The number of imidazole rings is 1. The number of nitrogens with zero attached hydrogens (tertiary/aromatic N) is 2. The highest BCUT2D eigenvalue weighted by Gasteiger charge is 2.02. The van der Waals surface area contributed by atoms with E-state index >= 15 is 0 Å². The molecule has 0 aliphatic rings. The Labute approximate surface area is 89.0 Å². The van der Waals surface area contributed by atoms with Crippen LogP contribution in [0.3, 0.4) is 0 Å². The van der Waals surface area contributed by atoms with Crippen molar-refractivity contribution in [2.24, 2.45) is 0 Å². The summed E-state index contributed by atoms with van der Waals surface area (Å²) in [5, 5.41) is 9.24. The molecule has 0 radical (unpaired) electrons. The molecule has 0 bridgehead atoms. The third-order valence-electron chi connectivity index (χ3n) is 2.18. The molecule has 1 aromatic carbocycles. The maximum atomic E-state index is 9.24. The Balaban J connectivity index is 2.21. The van der Waals surface area contributed by atoms with Crippen LogP contribution in [0.5, 0.6) is 0 Å². The van der Waals surface area contributed by atoms with Gasteiger partial charge in [0.1, 0.15) is 0 Å². The molecule has 0 spiro atoms. The zero-order chi connectivity index (χ0) is 10.7. The number of hydrogen-bond acceptors (Lipinski definition) is 2. The lowest BCUT2D eigenvalue weighted by Gasteiger charge is -2.03. The lowest BCUT2D eigenvalue weighted by Crippen LogP contribution is -2.09. The first kappa shape index (κ1) is 9.93. The fourth-order valence-corrected chi connectivity index (χ4v) is 1.52. The molecule has 0 saturated heterocycles. The van der Waals surface area contributed by atoms with Crippen molar-refractivity contribution in [3.05, 3.63) is 42.9 Å². The van der Waals surface area contributed by atoms with Gasteiger partial charge in [-0.3, -0.25) is 0 Å². The number of hydrogen-bond donors (Lipinski definition) is 1. The van der Waals surface area contributed by atoms with Crippen LogP contribution in [-0.2, 0) is 6.54 Å². The first-order valence-corrected chi connectivity index (χ1v) is 5.01. The molecule has 0 saturated carbocycles. The van der Waals surface area contributed by atoms with E-state index < -0.39 is 0 Å². The van der Waals surface area contributed by atoms with Gasteiger partial charge in [-0.05, 0) is 6.92 Å². The fraction of sp³-hybridized carbons (Fsp3) is 0.250. The Morgan fingerprint density at radius 1 is 1.33 bits per heavy atom. The summed E-state index contributed by atoms with van der Waals surface area (Å²) in [6.45, 7) is 2.35. The van der Waals surface area contributed by atoms with Gasteiger partial charge in [-0.15, -0.1) is 0 Å². The molecule has 0 aliphatic heterocycles. The summed E-state index contributed by atoms with van der Waals surface area (Å²) in [6, 6.07) is 10.0. The van der Waals surface area contributed by atoms with E-state index in [4.69, 9.17) is 0 Å². The highest BCUT2D eigenvalue weighted by molar-refractivity contribution is 5.57. The second-order valence-corrected chi connectivity index (χ2v) is 3.67. The average Bonchev–Trinajstić information content (AvgIpc) is 2.67. The molecule has 3 nitrogen and oxygen atoms in total. The van der Waals surface area contributed by atoms with Crippen LogP contribution in [0.25, 0.3) is 11.3 Å². The van der Waals surface area contributed by atoms with E-state index in [1.54, 1.807) is 13.3 Å². The largest absolute Gasteiger partial charge is 0.392 e. The van der Waals surface area contributed by atoms with E-state index in [0.29, 0.717) is 6.54 Å². The quantitative estimate of drug-likeness (QED) is 0.825. The van der Waals surface area contributed by atoms with Crippen LogP contribution in [0.2, 0.25) is 0 Å². The first-order valence-electron chi connectivity index (χ1n) is 5.01. The van der Waals surface area contributed by atoms with Gasteiger partial charge in [0.2, 0.25) is 0 Å². The summed E-state index contributed by atoms with van der Waals surface area (Å²) in [5.74, 6) is 0. The summed E-state index contributed by atoms with van der Waals surface area (Å²) >= 11 is 0. The van der Waals surface area contributed by atoms with Crippen molar-refractivity contribution in [2.75, 3.05) is 0 Å². The lowest BCUT2D eigenvalue weighted by atomic mass is 10.2. The van der Waals surface area contributed by atoms with E-state index in [2.05, 4.69) is 4.98 Å². The minimum Gasteiger partial charge on any atom is -0.392 e. The number of aromatic nitrogens is 2. The van der Waals surface area contributed by atoms with E-state index in [9.17, 15) is 5.11 Å². The number of aliphatic hydroxyl groups is 1. The van der Waals surface area contributed by atoms with E-state index in [0.717, 1.165) is 11.3 Å². The summed E-state index contributed by atoms with van der Waals surface area (Å²) in [4.78, 5) is 4.29. The molecular weight excluding hydrogens is 188 g/mol. The Morgan fingerprint density at radius 3 is 2.73 bits per heavy atom. The second kappa shape index (κ2) is 4.28. The maximum Gasteiger partial charge on any atom is 0.0954 e. The maximum absolute atomic E-state index is 9.24. The second-order valence-electron chi connectivity index (χ2n) is 3.67. The van der Waals surface area contributed by atoms with Crippen LogP contribution in [-0.4, -0.2) is 20.8 Å². The molecular formula is C12H14N2O. The third kappa shape index (κ3) is 2.44. The van der Waals surface area contributed by atoms with Gasteiger partial charge in [0.25, 0.3) is 0 Å². The van der Waals surface area contributed by atoms with Crippen LogP contribution in [0.15, 0.2) is 42.9 Å². The van der Waals surface area contributed by atoms with Crippen molar-refractivity contribution >= 4 is 0 Å². The zero-order valence-electron chi connectivity index (χ0n) is 8.67. The predicted molar refractivity (Wildman–Crippen MR) is 59.3 cm³/mol. The SMILES string of the molecule is CC(O)Cn1cnc(-c2ccccc2)c1. The molecule has 2 rings (SSSR count). The fourth-order valence-electron chi connectivity index (χ4n) is 1.52. The molecule has 1 heterocycles. The molecule has 78 valence electrons. The van der Waals surface area contributed by atoms with Gasteiger partial charge in [0, 0.05) is 18.3 Å². The summed E-state index contributed by atoms with van der Waals surface area (Å²) in [6.07, 6.45) is 3.35. The Hall–Kier alpha value is -1.61. The predicted octanol–water partition coefficient (Wildman–Crippen LogP) is 1.93. The molecule has 1 N–H and O–H groups in total. The van der Waals surface area contributed by atoms with Gasteiger partial charge < -0.3 is 9.67 Å². The summed E-state index contributed by atoms with van der Waals surface area (Å²) in [7, 11) is 0. The molecule has 1 aromatic heterocycles. The van der Waals surface area contributed by atoms with Gasteiger partial charge in [0.15, 0.2) is 0 Å². The number of benzene rings is 1. The standard InChI is InChI=1S/C12H14N2O/c1-10(15)7-14-8-12(13-9-14)11-5-3-2-4-6-11/h2-6,8-10,15H,7H2,1H3. The Morgan fingerprint density at radius 2 is 2.07 bits per heavy atom. The molecule has 2 aromatic rings. The molecule has 15 heavy (non-hydrogen) atoms. The molecule has 0 aliphatic carbocycles. The summed E-state index contributed by atoms with van der Waals surface area (Å²) in [5.41, 5.74) is 2.04. The highest BCUT2D eigenvalue weighted by atomic mass is 16.3. The Bertz CT molecular complexity index is 420. The third-order valence-corrected chi connectivity index (χ3v) is 2.18. The number of aliphatic hydroxyl groups excluding tert-OH is 1. The number of rotatable bonds is 3. The van der Waals surface area contributed by atoms with Gasteiger partial charge in [-0.1, -0.05) is 30.3 Å². The van der Waals surface area contributed by atoms with Crippen LogP contribution in [0.1, 0.15) is 6.92 Å². The zero-order valence-corrected chi connectivity index (χ0v) is 8.67. The van der Waals surface area contributed by atoms with Crippen molar-refractivity contribution < 1.29 is 5.11 Å². The smallest absolute Gasteiger partial charge is 0.0954 e. The van der Waals surface area contributed by atoms with Crippen molar-refractivity contribution in [2.45, 2.75) is 19.6 Å².